The lowest BCUT2D eigenvalue weighted by Crippen LogP contribution is -2.24. The largest absolute Gasteiger partial charge is 0.356 e. The number of nitrogens with zero attached hydrogens (tertiary/aromatic N) is 5. The van der Waals surface area contributed by atoms with Crippen molar-refractivity contribution in [3.63, 3.8) is 0 Å². The number of rotatable bonds is 6. The molecule has 152 valence electrons. The molecule has 4 aromatic rings. The summed E-state index contributed by atoms with van der Waals surface area (Å²) >= 11 is 1.88. The average molecular weight is 416 g/mol. The molecule has 1 fully saturated rings. The normalized spacial score (nSPS) is 14.0. The lowest BCUT2D eigenvalue weighted by Gasteiger charge is -2.23. The van der Waals surface area contributed by atoms with Crippen LogP contribution in [0, 0.1) is 6.92 Å². The van der Waals surface area contributed by atoms with Crippen LogP contribution in [-0.4, -0.2) is 32.7 Å². The second-order valence-corrected chi connectivity index (χ2v) is 8.81. The maximum atomic E-state index is 4.70. The van der Waals surface area contributed by atoms with E-state index >= 15 is 0 Å². The fourth-order valence-corrected chi connectivity index (χ4v) is 4.93. The van der Waals surface area contributed by atoms with E-state index in [0.29, 0.717) is 5.78 Å². The molecule has 6 heteroatoms. The van der Waals surface area contributed by atoms with Gasteiger partial charge in [-0.3, -0.25) is 0 Å². The first-order valence-corrected chi connectivity index (χ1v) is 11.5. The number of hydrogen-bond acceptors (Lipinski definition) is 5. The Bertz CT molecular complexity index is 1130. The summed E-state index contributed by atoms with van der Waals surface area (Å²) in [6.07, 6.45) is 4.91. The van der Waals surface area contributed by atoms with E-state index in [1.54, 1.807) is 6.33 Å². The van der Waals surface area contributed by atoms with Crippen molar-refractivity contribution in [2.45, 2.75) is 36.8 Å². The van der Waals surface area contributed by atoms with E-state index in [1.807, 2.05) is 16.3 Å². The van der Waals surface area contributed by atoms with E-state index in [-0.39, 0.29) is 0 Å². The molecule has 0 spiro atoms. The van der Waals surface area contributed by atoms with Gasteiger partial charge in [-0.05, 0) is 43.0 Å². The zero-order valence-electron chi connectivity index (χ0n) is 17.2. The molecule has 1 aliphatic rings. The Balaban J connectivity index is 1.39. The van der Waals surface area contributed by atoms with Gasteiger partial charge >= 0.3 is 0 Å². The zero-order valence-corrected chi connectivity index (χ0v) is 18.0. The van der Waals surface area contributed by atoms with Crippen molar-refractivity contribution in [1.29, 1.82) is 0 Å². The highest BCUT2D eigenvalue weighted by Crippen LogP contribution is 2.29. The van der Waals surface area contributed by atoms with E-state index in [1.165, 1.54) is 34.4 Å². The van der Waals surface area contributed by atoms with Crippen LogP contribution in [0.2, 0.25) is 0 Å². The minimum atomic E-state index is 0.686. The van der Waals surface area contributed by atoms with Crippen LogP contribution >= 0.6 is 11.8 Å². The van der Waals surface area contributed by atoms with Crippen LogP contribution in [0.15, 0.2) is 65.8 Å². The molecule has 0 aliphatic carbocycles. The van der Waals surface area contributed by atoms with Crippen molar-refractivity contribution in [1.82, 2.24) is 19.6 Å². The molecule has 0 atom stereocenters. The molecule has 1 saturated heterocycles. The maximum absolute atomic E-state index is 4.70. The molecule has 0 saturated carbocycles. The number of aryl methyl sites for hydroxylation is 1. The number of aromatic nitrogens is 4. The third-order valence-electron chi connectivity index (χ3n) is 5.66. The molecule has 5 rings (SSSR count). The second kappa shape index (κ2) is 8.48. The summed E-state index contributed by atoms with van der Waals surface area (Å²) in [6, 6.07) is 19.6. The Kier molecular flexibility index (Phi) is 5.41. The van der Waals surface area contributed by atoms with Crippen molar-refractivity contribution < 1.29 is 0 Å². The van der Waals surface area contributed by atoms with Crippen molar-refractivity contribution in [2.24, 2.45) is 0 Å². The van der Waals surface area contributed by atoms with Gasteiger partial charge in [0.2, 0.25) is 0 Å². The van der Waals surface area contributed by atoms with Crippen molar-refractivity contribution >= 4 is 23.4 Å². The molecular formula is C24H25N5S. The molecule has 0 N–H and O–H groups in total. The van der Waals surface area contributed by atoms with Crippen molar-refractivity contribution in [2.75, 3.05) is 18.0 Å². The molecule has 0 bridgehead atoms. The number of hydrogen-bond donors (Lipinski definition) is 0. The van der Waals surface area contributed by atoms with Crippen LogP contribution in [0.25, 0.3) is 5.78 Å². The Morgan fingerprint density at radius 2 is 1.70 bits per heavy atom. The maximum Gasteiger partial charge on any atom is 0.254 e. The number of thioether (sulfide) groups is 1. The fraction of sp³-hybridized carbons (Fsp3) is 0.292. The monoisotopic (exact) mass is 415 g/mol. The highest BCUT2D eigenvalue weighted by molar-refractivity contribution is 7.98. The van der Waals surface area contributed by atoms with E-state index in [9.17, 15) is 0 Å². The molecule has 3 heterocycles. The third kappa shape index (κ3) is 3.92. The summed E-state index contributed by atoms with van der Waals surface area (Å²) in [5.74, 6) is 2.84. The summed E-state index contributed by atoms with van der Waals surface area (Å²) in [5.41, 5.74) is 4.94. The quantitative estimate of drug-likeness (QED) is 0.419. The Morgan fingerprint density at radius 3 is 2.47 bits per heavy atom. The van der Waals surface area contributed by atoms with E-state index < -0.39 is 0 Å². The molecule has 0 radical (unpaired) electrons. The third-order valence-corrected chi connectivity index (χ3v) is 6.75. The zero-order chi connectivity index (χ0) is 20.3. The van der Waals surface area contributed by atoms with Crippen LogP contribution < -0.4 is 4.90 Å². The van der Waals surface area contributed by atoms with Crippen molar-refractivity contribution in [3.8, 4) is 0 Å². The Hall–Kier alpha value is -2.86. The van der Waals surface area contributed by atoms with Gasteiger partial charge in [-0.25, -0.2) is 4.98 Å². The van der Waals surface area contributed by atoms with Gasteiger partial charge in [-0.15, -0.1) is 11.8 Å². The van der Waals surface area contributed by atoms with Gasteiger partial charge in [0.25, 0.3) is 5.78 Å². The lowest BCUT2D eigenvalue weighted by molar-refractivity contribution is 0.825. The van der Waals surface area contributed by atoms with E-state index in [0.717, 1.165) is 36.8 Å². The van der Waals surface area contributed by atoms with Crippen LogP contribution in [0.3, 0.4) is 0 Å². The van der Waals surface area contributed by atoms with Gasteiger partial charge in [0.1, 0.15) is 12.1 Å². The first-order valence-electron chi connectivity index (χ1n) is 10.5. The summed E-state index contributed by atoms with van der Waals surface area (Å²) in [7, 11) is 0. The topological polar surface area (TPSA) is 46.3 Å². The molecule has 0 unspecified atom stereocenters. The van der Waals surface area contributed by atoms with Crippen molar-refractivity contribution in [3.05, 3.63) is 83.3 Å². The minimum absolute atomic E-state index is 0.686. The molecule has 5 nitrogen and oxygen atoms in total. The average Bonchev–Trinajstić information content (AvgIpc) is 3.47. The molecule has 2 aromatic carbocycles. The smallest absolute Gasteiger partial charge is 0.254 e. The first kappa shape index (κ1) is 19.1. The second-order valence-electron chi connectivity index (χ2n) is 7.76. The predicted molar refractivity (Wildman–Crippen MR) is 122 cm³/mol. The van der Waals surface area contributed by atoms with Gasteiger partial charge in [0.05, 0.1) is 0 Å². The standard InChI is InChI=1S/C24H25N5S/c1-18-22(23(28-13-5-6-14-28)29-24(27-18)25-17-26-29)15-19-9-11-21(12-10-19)30-16-20-7-3-2-4-8-20/h2-4,7-12,17H,5-6,13-16H2,1H3. The lowest BCUT2D eigenvalue weighted by atomic mass is 10.0. The van der Waals surface area contributed by atoms with Gasteiger partial charge in [-0.2, -0.15) is 14.6 Å². The summed E-state index contributed by atoms with van der Waals surface area (Å²) in [6.45, 7) is 4.23. The molecule has 0 amide bonds. The first-order chi connectivity index (χ1) is 14.8. The van der Waals surface area contributed by atoms with E-state index in [2.05, 4.69) is 76.5 Å². The van der Waals surface area contributed by atoms with Crippen LogP contribution in [0.1, 0.15) is 35.2 Å². The summed E-state index contributed by atoms with van der Waals surface area (Å²) < 4.78 is 1.91. The number of benzene rings is 2. The minimum Gasteiger partial charge on any atom is -0.356 e. The van der Waals surface area contributed by atoms with Gasteiger partial charge < -0.3 is 4.90 Å². The molecule has 2 aromatic heterocycles. The summed E-state index contributed by atoms with van der Waals surface area (Å²) in [5, 5.41) is 4.47. The fourth-order valence-electron chi connectivity index (χ4n) is 4.08. The Labute approximate surface area is 181 Å². The van der Waals surface area contributed by atoms with Crippen LogP contribution in [0.5, 0.6) is 0 Å². The van der Waals surface area contributed by atoms with Gasteiger partial charge in [0, 0.05) is 41.4 Å². The highest BCUT2D eigenvalue weighted by atomic mass is 32.2. The molecule has 30 heavy (non-hydrogen) atoms. The number of fused-ring (bicyclic) bond motifs is 1. The SMILES string of the molecule is Cc1nc2ncnn2c(N2CCCC2)c1Cc1ccc(SCc2ccccc2)cc1. The van der Waals surface area contributed by atoms with Gasteiger partial charge in [-0.1, -0.05) is 42.5 Å². The highest BCUT2D eigenvalue weighted by Gasteiger charge is 2.22. The molecular weight excluding hydrogens is 390 g/mol. The van der Waals surface area contributed by atoms with Crippen LogP contribution in [0.4, 0.5) is 5.82 Å². The summed E-state index contributed by atoms with van der Waals surface area (Å²) in [4.78, 5) is 12.8. The van der Waals surface area contributed by atoms with Gasteiger partial charge in [0.15, 0.2) is 0 Å². The molecule has 1 aliphatic heterocycles. The van der Waals surface area contributed by atoms with Crippen LogP contribution in [-0.2, 0) is 12.2 Å². The Morgan fingerprint density at radius 1 is 0.933 bits per heavy atom. The predicted octanol–water partition coefficient (Wildman–Crippen LogP) is 4.92. The number of anilines is 1. The van der Waals surface area contributed by atoms with E-state index in [4.69, 9.17) is 4.98 Å².